The number of hydrogen-bond acceptors (Lipinski definition) is 3. The van der Waals surface area contributed by atoms with Gasteiger partial charge in [0.15, 0.2) is 0 Å². The van der Waals surface area contributed by atoms with Crippen molar-refractivity contribution in [2.45, 2.75) is 13.8 Å². The third kappa shape index (κ3) is 3.19. The van der Waals surface area contributed by atoms with Crippen LogP contribution in [0.15, 0.2) is 12.1 Å². The predicted molar refractivity (Wildman–Crippen MR) is 82.3 cm³/mol. The van der Waals surface area contributed by atoms with E-state index < -0.39 is 0 Å². The van der Waals surface area contributed by atoms with E-state index in [0.29, 0.717) is 24.7 Å². The maximum absolute atomic E-state index is 11.4. The molecule has 0 spiro atoms. The number of amides is 2. The highest BCUT2D eigenvalue weighted by Crippen LogP contribution is 2.24. The molecule has 0 saturated carbocycles. The number of carbonyl (C=O) groups excluding carboxylic acids is 1. The molecule has 1 aliphatic heterocycles. The van der Waals surface area contributed by atoms with Crippen LogP contribution in [0.25, 0.3) is 0 Å². The molecule has 0 aliphatic carbocycles. The Labute approximate surface area is 124 Å². The van der Waals surface area contributed by atoms with Gasteiger partial charge in [-0.15, -0.1) is 0 Å². The number of nitrogens with two attached hydrogens (primary N) is 1. The molecule has 0 unspecified atom stereocenters. The number of benzene rings is 1. The molecule has 108 valence electrons. The molecule has 0 atom stereocenters. The Bertz CT molecular complexity index is 522. The molecule has 1 aromatic carbocycles. The number of nitrogens with zero attached hydrogens (tertiary/aromatic N) is 1. The fourth-order valence-electron chi connectivity index (χ4n) is 2.30. The summed E-state index contributed by atoms with van der Waals surface area (Å²) in [4.78, 5) is 13.5. The lowest BCUT2D eigenvalue weighted by Crippen LogP contribution is -2.32. The molecule has 1 fully saturated rings. The van der Waals surface area contributed by atoms with Crippen LogP contribution in [0, 0.1) is 13.8 Å². The van der Waals surface area contributed by atoms with Crippen LogP contribution in [-0.4, -0.2) is 42.2 Å². The maximum atomic E-state index is 11.4. The van der Waals surface area contributed by atoms with Crippen molar-refractivity contribution in [2.75, 3.05) is 26.2 Å². The van der Waals surface area contributed by atoms with Gasteiger partial charge in [-0.1, -0.05) is 12.2 Å². The predicted octanol–water partition coefficient (Wildman–Crippen LogP) is 1.34. The summed E-state index contributed by atoms with van der Waals surface area (Å²) >= 11 is 4.98. The first-order valence-electron chi connectivity index (χ1n) is 6.55. The molecule has 20 heavy (non-hydrogen) atoms. The van der Waals surface area contributed by atoms with Gasteiger partial charge in [0.2, 0.25) is 0 Å². The molecule has 1 heterocycles. The van der Waals surface area contributed by atoms with Gasteiger partial charge in [0.25, 0.3) is 0 Å². The van der Waals surface area contributed by atoms with Crippen molar-refractivity contribution in [1.82, 2.24) is 10.2 Å². The summed E-state index contributed by atoms with van der Waals surface area (Å²) in [7, 11) is 0. The van der Waals surface area contributed by atoms with E-state index in [-0.39, 0.29) is 6.03 Å². The highest BCUT2D eigenvalue weighted by Gasteiger charge is 2.19. The Balaban J connectivity index is 1.99. The molecule has 1 aliphatic rings. The molecule has 0 radical (unpaired) electrons. The van der Waals surface area contributed by atoms with E-state index in [0.717, 1.165) is 29.0 Å². The third-order valence-electron chi connectivity index (χ3n) is 3.30. The molecule has 2 amide bonds. The lowest BCUT2D eigenvalue weighted by Gasteiger charge is -2.17. The van der Waals surface area contributed by atoms with Gasteiger partial charge in [0.05, 0.1) is 6.54 Å². The smallest absolute Gasteiger partial charge is 0.317 e. The van der Waals surface area contributed by atoms with E-state index in [1.807, 2.05) is 26.0 Å². The van der Waals surface area contributed by atoms with E-state index in [4.69, 9.17) is 22.7 Å². The highest BCUT2D eigenvalue weighted by molar-refractivity contribution is 7.80. The Kier molecular flexibility index (Phi) is 4.44. The van der Waals surface area contributed by atoms with Gasteiger partial charge in [-0.25, -0.2) is 4.79 Å². The Morgan fingerprint density at radius 2 is 2.10 bits per heavy atom. The molecular weight excluding hydrogens is 274 g/mol. The van der Waals surface area contributed by atoms with Crippen LogP contribution in [0.4, 0.5) is 4.79 Å². The SMILES string of the molecule is Cc1cc(C(N)=S)cc(C)c1OCCN1CCNC1=O. The van der Waals surface area contributed by atoms with Crippen molar-refractivity contribution in [2.24, 2.45) is 5.73 Å². The standard InChI is InChI=1S/C14H19N3O2S/c1-9-7-11(13(15)20)8-10(2)12(9)19-6-5-17-4-3-16-14(17)18/h7-8H,3-6H2,1-2H3,(H2,15,20)(H,16,18). The second-order valence-corrected chi connectivity index (χ2v) is 5.31. The average Bonchev–Trinajstić information content (AvgIpc) is 2.78. The first kappa shape index (κ1) is 14.6. The lowest BCUT2D eigenvalue weighted by atomic mass is 10.1. The average molecular weight is 293 g/mol. The van der Waals surface area contributed by atoms with E-state index in [9.17, 15) is 4.79 Å². The Morgan fingerprint density at radius 3 is 2.60 bits per heavy atom. The minimum Gasteiger partial charge on any atom is -0.491 e. The second-order valence-electron chi connectivity index (χ2n) is 4.87. The van der Waals surface area contributed by atoms with Gasteiger partial charge >= 0.3 is 6.03 Å². The summed E-state index contributed by atoms with van der Waals surface area (Å²) in [5.41, 5.74) is 8.49. The monoisotopic (exact) mass is 293 g/mol. The normalized spacial score (nSPS) is 14.3. The van der Waals surface area contributed by atoms with Gasteiger partial charge in [0.1, 0.15) is 17.3 Å². The number of carbonyl (C=O) groups is 1. The number of aryl methyl sites for hydroxylation is 2. The van der Waals surface area contributed by atoms with Crippen LogP contribution in [0.5, 0.6) is 5.75 Å². The van der Waals surface area contributed by atoms with E-state index in [1.165, 1.54) is 0 Å². The molecule has 6 heteroatoms. The minimum atomic E-state index is -0.0223. The molecule has 1 aromatic rings. The number of urea groups is 1. The first-order chi connectivity index (χ1) is 9.49. The van der Waals surface area contributed by atoms with Crippen LogP contribution in [0.1, 0.15) is 16.7 Å². The van der Waals surface area contributed by atoms with Crippen molar-refractivity contribution >= 4 is 23.2 Å². The van der Waals surface area contributed by atoms with Crippen molar-refractivity contribution in [1.29, 1.82) is 0 Å². The Morgan fingerprint density at radius 1 is 1.45 bits per heavy atom. The first-order valence-corrected chi connectivity index (χ1v) is 6.96. The summed E-state index contributed by atoms with van der Waals surface area (Å²) in [6, 6.07) is 3.83. The van der Waals surface area contributed by atoms with Gasteiger partial charge in [-0.3, -0.25) is 0 Å². The number of ether oxygens (including phenoxy) is 1. The largest absolute Gasteiger partial charge is 0.491 e. The van der Waals surface area contributed by atoms with Gasteiger partial charge in [0, 0.05) is 18.7 Å². The molecule has 3 N–H and O–H groups in total. The summed E-state index contributed by atoms with van der Waals surface area (Å²) < 4.78 is 5.81. The lowest BCUT2D eigenvalue weighted by molar-refractivity contribution is 0.202. The van der Waals surface area contributed by atoms with E-state index >= 15 is 0 Å². The second kappa shape index (κ2) is 6.09. The van der Waals surface area contributed by atoms with Gasteiger partial charge < -0.3 is 20.7 Å². The molecular formula is C14H19N3O2S. The Hall–Kier alpha value is -1.82. The van der Waals surface area contributed by atoms with Crippen LogP contribution in [0.3, 0.4) is 0 Å². The number of rotatable bonds is 5. The molecule has 1 saturated heterocycles. The van der Waals surface area contributed by atoms with Crippen molar-refractivity contribution in [3.05, 3.63) is 28.8 Å². The molecule has 2 rings (SSSR count). The van der Waals surface area contributed by atoms with Gasteiger partial charge in [-0.2, -0.15) is 0 Å². The number of hydrogen-bond donors (Lipinski definition) is 2. The fourth-order valence-corrected chi connectivity index (χ4v) is 2.42. The van der Waals surface area contributed by atoms with Crippen LogP contribution in [0.2, 0.25) is 0 Å². The molecule has 0 bridgehead atoms. The topological polar surface area (TPSA) is 67.6 Å². The zero-order chi connectivity index (χ0) is 14.7. The summed E-state index contributed by atoms with van der Waals surface area (Å²) in [6.45, 7) is 6.43. The summed E-state index contributed by atoms with van der Waals surface area (Å²) in [6.07, 6.45) is 0. The van der Waals surface area contributed by atoms with E-state index in [2.05, 4.69) is 5.32 Å². The fraction of sp³-hybridized carbons (Fsp3) is 0.429. The summed E-state index contributed by atoms with van der Waals surface area (Å²) in [5, 5.41) is 2.76. The zero-order valence-corrected chi connectivity index (χ0v) is 12.5. The van der Waals surface area contributed by atoms with Crippen molar-refractivity contribution in [3.63, 3.8) is 0 Å². The number of thiocarbonyl (C=S) groups is 1. The third-order valence-corrected chi connectivity index (χ3v) is 3.53. The molecule has 5 nitrogen and oxygen atoms in total. The quantitative estimate of drug-likeness (QED) is 0.804. The van der Waals surface area contributed by atoms with Crippen LogP contribution >= 0.6 is 12.2 Å². The summed E-state index contributed by atoms with van der Waals surface area (Å²) in [5.74, 6) is 0.838. The zero-order valence-electron chi connectivity index (χ0n) is 11.7. The van der Waals surface area contributed by atoms with Crippen LogP contribution in [-0.2, 0) is 0 Å². The minimum absolute atomic E-state index is 0.0223. The molecule has 0 aromatic heterocycles. The van der Waals surface area contributed by atoms with E-state index in [1.54, 1.807) is 4.90 Å². The van der Waals surface area contributed by atoms with Crippen molar-refractivity contribution < 1.29 is 9.53 Å². The van der Waals surface area contributed by atoms with Crippen molar-refractivity contribution in [3.8, 4) is 5.75 Å². The highest BCUT2D eigenvalue weighted by atomic mass is 32.1. The number of nitrogens with one attached hydrogen (secondary N) is 1. The van der Waals surface area contributed by atoms with Crippen LogP contribution < -0.4 is 15.8 Å². The maximum Gasteiger partial charge on any atom is 0.317 e. The van der Waals surface area contributed by atoms with Gasteiger partial charge in [-0.05, 0) is 37.1 Å².